The largest absolute Gasteiger partial charge is 1.00 e. The van der Waals surface area contributed by atoms with Crippen LogP contribution in [-0.2, 0) is 20.9 Å². The van der Waals surface area contributed by atoms with Crippen molar-refractivity contribution in [2.24, 2.45) is 0 Å². The van der Waals surface area contributed by atoms with E-state index in [0.29, 0.717) is 39.1 Å². The number of carbonyl (C=O) groups is 2. The van der Waals surface area contributed by atoms with E-state index in [1.807, 2.05) is 36.4 Å². The van der Waals surface area contributed by atoms with E-state index in [0.717, 1.165) is 17.6 Å². The normalized spacial score (nSPS) is 23.0. The number of rotatable bonds is 6. The van der Waals surface area contributed by atoms with Crippen molar-refractivity contribution in [3.8, 4) is 0 Å². The maximum atomic E-state index is 12.6. The van der Waals surface area contributed by atoms with Crippen LogP contribution in [0.25, 0.3) is 0 Å². The Balaban J connectivity index is 0.00000243. The standard InChI is InChI=1S/C19H24N2O4.Na/c22-18(20-12-14-8-10-25-11-9-14)16-6-7-17(19(23)24)21(16)13-15-4-2-1-3-5-15;/h1-5,8,16-17H,6-7,9-13H2,(H,20,22)(H,23,24);/q;+1/p-1. The van der Waals surface area contributed by atoms with Gasteiger partial charge in [0, 0.05) is 13.1 Å². The molecule has 0 radical (unpaired) electrons. The van der Waals surface area contributed by atoms with Gasteiger partial charge in [-0.05, 0) is 24.8 Å². The van der Waals surface area contributed by atoms with E-state index in [2.05, 4.69) is 5.32 Å². The van der Waals surface area contributed by atoms with Crippen LogP contribution in [0.15, 0.2) is 42.0 Å². The first-order chi connectivity index (χ1) is 12.1. The number of hydrogen-bond donors (Lipinski definition) is 1. The van der Waals surface area contributed by atoms with Crippen LogP contribution in [0, 0.1) is 0 Å². The summed E-state index contributed by atoms with van der Waals surface area (Å²) in [6.45, 7) is 2.18. The molecule has 26 heavy (non-hydrogen) atoms. The van der Waals surface area contributed by atoms with Gasteiger partial charge >= 0.3 is 29.6 Å². The Bertz CT molecular complexity index is 650. The number of likely N-dealkylation sites (tertiary alicyclic amines) is 1. The molecule has 2 heterocycles. The molecule has 0 aliphatic carbocycles. The predicted octanol–water partition coefficient (Wildman–Crippen LogP) is -2.76. The fourth-order valence-electron chi connectivity index (χ4n) is 3.46. The number of amides is 1. The summed E-state index contributed by atoms with van der Waals surface area (Å²) in [5.41, 5.74) is 2.14. The molecule has 6 nitrogen and oxygen atoms in total. The van der Waals surface area contributed by atoms with Crippen molar-refractivity contribution in [1.82, 2.24) is 10.2 Å². The van der Waals surface area contributed by atoms with Gasteiger partial charge in [0.15, 0.2) is 0 Å². The zero-order valence-electron chi connectivity index (χ0n) is 15.1. The van der Waals surface area contributed by atoms with E-state index in [-0.39, 0.29) is 35.5 Å². The number of hydrogen-bond acceptors (Lipinski definition) is 5. The minimum Gasteiger partial charge on any atom is -0.548 e. The predicted molar refractivity (Wildman–Crippen MR) is 90.3 cm³/mol. The first-order valence-corrected chi connectivity index (χ1v) is 8.69. The molecular formula is C19H23N2NaO4. The van der Waals surface area contributed by atoms with Crippen molar-refractivity contribution >= 4 is 11.9 Å². The minimum atomic E-state index is -1.11. The fraction of sp³-hybridized carbons (Fsp3) is 0.474. The molecule has 1 amide bonds. The third kappa shape index (κ3) is 5.41. The van der Waals surface area contributed by atoms with Crippen molar-refractivity contribution < 1.29 is 49.0 Å². The van der Waals surface area contributed by atoms with Crippen LogP contribution in [0.1, 0.15) is 24.8 Å². The van der Waals surface area contributed by atoms with E-state index in [1.165, 1.54) is 0 Å². The minimum absolute atomic E-state index is 0. The second kappa shape index (κ2) is 10.2. The number of carboxylic acids is 1. The van der Waals surface area contributed by atoms with Crippen molar-refractivity contribution in [2.45, 2.75) is 37.9 Å². The number of carbonyl (C=O) groups excluding carboxylic acids is 2. The summed E-state index contributed by atoms with van der Waals surface area (Å²) < 4.78 is 5.26. The average Bonchev–Trinajstić information content (AvgIpc) is 3.05. The second-order valence-corrected chi connectivity index (χ2v) is 6.49. The summed E-state index contributed by atoms with van der Waals surface area (Å²) in [6, 6.07) is 8.44. The summed E-state index contributed by atoms with van der Waals surface area (Å²) in [5.74, 6) is -1.23. The van der Waals surface area contributed by atoms with Crippen LogP contribution in [0.3, 0.4) is 0 Å². The van der Waals surface area contributed by atoms with E-state index in [9.17, 15) is 14.7 Å². The fourth-order valence-corrected chi connectivity index (χ4v) is 3.46. The molecule has 3 rings (SSSR count). The first kappa shape index (κ1) is 21.1. The number of benzene rings is 1. The van der Waals surface area contributed by atoms with Crippen molar-refractivity contribution in [3.63, 3.8) is 0 Å². The molecule has 7 heteroatoms. The van der Waals surface area contributed by atoms with Gasteiger partial charge in [0.25, 0.3) is 0 Å². The quantitative estimate of drug-likeness (QED) is 0.436. The molecule has 1 N–H and O–H groups in total. The van der Waals surface area contributed by atoms with Gasteiger partial charge in [0.2, 0.25) is 5.91 Å². The van der Waals surface area contributed by atoms with E-state index in [4.69, 9.17) is 4.74 Å². The van der Waals surface area contributed by atoms with E-state index in [1.54, 1.807) is 4.90 Å². The van der Waals surface area contributed by atoms with Gasteiger partial charge in [-0.3, -0.25) is 9.69 Å². The number of aliphatic carboxylic acids is 1. The third-order valence-corrected chi connectivity index (χ3v) is 4.84. The van der Waals surface area contributed by atoms with Gasteiger partial charge < -0.3 is 20.0 Å². The molecule has 134 valence electrons. The smallest absolute Gasteiger partial charge is 0.548 e. The molecule has 1 aromatic carbocycles. The Morgan fingerprint density at radius 3 is 2.58 bits per heavy atom. The molecule has 2 aliphatic heterocycles. The number of nitrogens with zero attached hydrogens (tertiary/aromatic N) is 1. The van der Waals surface area contributed by atoms with Crippen LogP contribution in [0.4, 0.5) is 0 Å². The van der Waals surface area contributed by atoms with Crippen molar-refractivity contribution in [1.29, 1.82) is 0 Å². The van der Waals surface area contributed by atoms with Gasteiger partial charge in [0.1, 0.15) is 0 Å². The second-order valence-electron chi connectivity index (χ2n) is 6.49. The number of carboxylic acid groups (broad SMARTS) is 1. The summed E-state index contributed by atoms with van der Waals surface area (Å²) in [5, 5.41) is 14.4. The van der Waals surface area contributed by atoms with Crippen LogP contribution in [0.2, 0.25) is 0 Å². The molecular weight excluding hydrogens is 343 g/mol. The Hall–Kier alpha value is -1.18. The zero-order chi connectivity index (χ0) is 17.6. The number of ether oxygens (including phenoxy) is 1. The van der Waals surface area contributed by atoms with Crippen LogP contribution in [-0.4, -0.2) is 48.6 Å². The molecule has 2 atom stereocenters. The summed E-state index contributed by atoms with van der Waals surface area (Å²) in [6.07, 6.45) is 3.77. The molecule has 0 saturated carbocycles. The van der Waals surface area contributed by atoms with Gasteiger partial charge in [-0.25, -0.2) is 0 Å². The SMILES string of the molecule is O=C([O-])C1CCC(C(=O)NCC2=CCOCC2)N1Cc1ccccc1.[Na+]. The summed E-state index contributed by atoms with van der Waals surface area (Å²) >= 11 is 0. The van der Waals surface area contributed by atoms with Crippen LogP contribution in [0.5, 0.6) is 0 Å². The molecule has 0 spiro atoms. The molecule has 1 fully saturated rings. The first-order valence-electron chi connectivity index (χ1n) is 8.69. The molecule has 1 saturated heterocycles. The van der Waals surface area contributed by atoms with Crippen LogP contribution < -0.4 is 40.0 Å². The molecule has 0 aromatic heterocycles. The molecule has 0 bridgehead atoms. The third-order valence-electron chi connectivity index (χ3n) is 4.84. The summed E-state index contributed by atoms with van der Waals surface area (Å²) in [4.78, 5) is 25.8. The van der Waals surface area contributed by atoms with E-state index < -0.39 is 18.1 Å². The van der Waals surface area contributed by atoms with Gasteiger partial charge in [0.05, 0.1) is 31.3 Å². The van der Waals surface area contributed by atoms with E-state index >= 15 is 0 Å². The zero-order valence-corrected chi connectivity index (χ0v) is 17.1. The Kier molecular flexibility index (Phi) is 8.31. The molecule has 2 aliphatic rings. The maximum absolute atomic E-state index is 12.6. The van der Waals surface area contributed by atoms with Gasteiger partial charge in [-0.15, -0.1) is 0 Å². The molecule has 2 unspecified atom stereocenters. The molecule has 1 aromatic rings. The Morgan fingerprint density at radius 1 is 1.19 bits per heavy atom. The maximum Gasteiger partial charge on any atom is 1.00 e. The average molecular weight is 366 g/mol. The van der Waals surface area contributed by atoms with Crippen LogP contribution >= 0.6 is 0 Å². The van der Waals surface area contributed by atoms with Gasteiger partial charge in [-0.2, -0.15) is 0 Å². The van der Waals surface area contributed by atoms with Crippen molar-refractivity contribution in [2.75, 3.05) is 19.8 Å². The summed E-state index contributed by atoms with van der Waals surface area (Å²) in [7, 11) is 0. The monoisotopic (exact) mass is 366 g/mol. The topological polar surface area (TPSA) is 81.7 Å². The Labute approximate surface area is 175 Å². The van der Waals surface area contributed by atoms with Crippen molar-refractivity contribution in [3.05, 3.63) is 47.5 Å². The number of nitrogens with one attached hydrogen (secondary N) is 1. The van der Waals surface area contributed by atoms with Gasteiger partial charge in [-0.1, -0.05) is 42.0 Å². The Morgan fingerprint density at radius 2 is 1.92 bits per heavy atom.